The van der Waals surface area contributed by atoms with Gasteiger partial charge in [0.25, 0.3) is 0 Å². The lowest BCUT2D eigenvalue weighted by Crippen LogP contribution is -2.35. The lowest BCUT2D eigenvalue weighted by molar-refractivity contribution is 0.424. The monoisotopic (exact) mass is 291 g/mol. The van der Waals surface area contributed by atoms with Crippen molar-refractivity contribution in [2.45, 2.75) is 46.7 Å². The molecule has 0 aliphatic carbocycles. The Labute approximate surface area is 126 Å². The largest absolute Gasteiger partial charge is 0.308 e. The Morgan fingerprint density at radius 3 is 2.40 bits per heavy atom. The molecule has 0 amide bonds. The Bertz CT molecular complexity index is 609. The van der Waals surface area contributed by atoms with Crippen LogP contribution in [0, 0.1) is 13.8 Å². The third kappa shape index (κ3) is 3.62. The molecular formula is C16H22ClN3. The molecule has 2 aromatic rings. The molecule has 0 radical (unpaired) electrons. The van der Waals surface area contributed by atoms with Crippen LogP contribution in [0.4, 0.5) is 0 Å². The normalized spacial score (nSPS) is 11.9. The van der Waals surface area contributed by atoms with Gasteiger partial charge in [-0.2, -0.15) is 5.10 Å². The number of halogens is 1. The highest BCUT2D eigenvalue weighted by atomic mass is 35.5. The van der Waals surface area contributed by atoms with Gasteiger partial charge in [-0.25, -0.2) is 4.68 Å². The number of aromatic nitrogens is 2. The first-order chi connectivity index (χ1) is 9.26. The Hall–Kier alpha value is -1.32. The Kier molecular flexibility index (Phi) is 4.21. The molecule has 1 heterocycles. The Morgan fingerprint density at radius 1 is 1.20 bits per heavy atom. The van der Waals surface area contributed by atoms with Crippen molar-refractivity contribution < 1.29 is 0 Å². The fourth-order valence-corrected chi connectivity index (χ4v) is 2.30. The second-order valence-electron chi connectivity index (χ2n) is 6.22. The van der Waals surface area contributed by atoms with Crippen molar-refractivity contribution in [1.82, 2.24) is 15.1 Å². The van der Waals surface area contributed by atoms with Crippen molar-refractivity contribution in [3.63, 3.8) is 0 Å². The van der Waals surface area contributed by atoms with Crippen molar-refractivity contribution in [2.24, 2.45) is 0 Å². The number of nitrogens with one attached hydrogen (secondary N) is 1. The fraction of sp³-hybridized carbons (Fsp3) is 0.438. The van der Waals surface area contributed by atoms with Gasteiger partial charge in [0.05, 0.1) is 11.4 Å². The molecule has 0 fully saturated rings. The van der Waals surface area contributed by atoms with E-state index in [9.17, 15) is 0 Å². The van der Waals surface area contributed by atoms with Crippen LogP contribution >= 0.6 is 11.6 Å². The molecule has 0 atom stereocenters. The van der Waals surface area contributed by atoms with Gasteiger partial charge < -0.3 is 5.32 Å². The predicted molar refractivity (Wildman–Crippen MR) is 84.6 cm³/mol. The molecule has 4 heteroatoms. The zero-order valence-corrected chi connectivity index (χ0v) is 13.5. The maximum Gasteiger partial charge on any atom is 0.0663 e. The minimum Gasteiger partial charge on any atom is -0.308 e. The molecular weight excluding hydrogens is 270 g/mol. The molecule has 20 heavy (non-hydrogen) atoms. The van der Waals surface area contributed by atoms with Crippen molar-refractivity contribution in [2.75, 3.05) is 0 Å². The van der Waals surface area contributed by atoms with Crippen LogP contribution in [0.2, 0.25) is 5.02 Å². The van der Waals surface area contributed by atoms with Crippen LogP contribution in [0.25, 0.3) is 5.69 Å². The predicted octanol–water partition coefficient (Wildman–Crippen LogP) is 4.03. The zero-order valence-electron chi connectivity index (χ0n) is 12.8. The van der Waals surface area contributed by atoms with E-state index in [0.29, 0.717) is 0 Å². The van der Waals surface area contributed by atoms with Gasteiger partial charge in [-0.3, -0.25) is 0 Å². The van der Waals surface area contributed by atoms with E-state index in [1.165, 1.54) is 0 Å². The summed E-state index contributed by atoms with van der Waals surface area (Å²) in [4.78, 5) is 0. The SMILES string of the molecule is Cc1cc(C)n(-c2ccc(CNC(C)(C)C)c(Cl)c2)n1. The fourth-order valence-electron chi connectivity index (χ4n) is 2.06. The molecule has 3 nitrogen and oxygen atoms in total. The Balaban J connectivity index is 2.24. The first-order valence-corrected chi connectivity index (χ1v) is 7.21. The van der Waals surface area contributed by atoms with Crippen molar-refractivity contribution in [3.05, 3.63) is 46.2 Å². The first kappa shape index (κ1) is 15.1. The van der Waals surface area contributed by atoms with Crippen LogP contribution in [0.1, 0.15) is 37.7 Å². The number of aryl methyl sites for hydroxylation is 2. The molecule has 108 valence electrons. The average molecular weight is 292 g/mol. The van der Waals surface area contributed by atoms with Gasteiger partial charge >= 0.3 is 0 Å². The second-order valence-corrected chi connectivity index (χ2v) is 6.63. The second kappa shape index (κ2) is 5.58. The summed E-state index contributed by atoms with van der Waals surface area (Å²) in [7, 11) is 0. The summed E-state index contributed by atoms with van der Waals surface area (Å²) in [6.45, 7) is 11.2. The molecule has 0 saturated carbocycles. The van der Waals surface area contributed by atoms with E-state index in [-0.39, 0.29) is 5.54 Å². The van der Waals surface area contributed by atoms with Gasteiger partial charge in [-0.1, -0.05) is 17.7 Å². The molecule has 1 N–H and O–H groups in total. The number of benzene rings is 1. The van der Waals surface area contributed by atoms with E-state index >= 15 is 0 Å². The van der Waals surface area contributed by atoms with E-state index in [4.69, 9.17) is 11.6 Å². The van der Waals surface area contributed by atoms with Crippen molar-refractivity contribution in [3.8, 4) is 5.69 Å². The summed E-state index contributed by atoms with van der Waals surface area (Å²) in [5.41, 5.74) is 4.31. The number of rotatable bonds is 3. The van der Waals surface area contributed by atoms with Crippen LogP contribution in [-0.2, 0) is 6.54 Å². The zero-order chi connectivity index (χ0) is 14.9. The molecule has 2 rings (SSSR count). The van der Waals surface area contributed by atoms with E-state index < -0.39 is 0 Å². The standard InChI is InChI=1S/C16H22ClN3/c1-11-8-12(2)20(19-11)14-7-6-13(15(17)9-14)10-18-16(3,4)5/h6-9,18H,10H2,1-5H3. The minimum atomic E-state index is 0.0810. The highest BCUT2D eigenvalue weighted by Crippen LogP contribution is 2.22. The third-order valence-corrected chi connectivity index (χ3v) is 3.45. The number of nitrogens with zero attached hydrogens (tertiary/aromatic N) is 2. The van der Waals surface area contributed by atoms with Crippen LogP contribution in [-0.4, -0.2) is 15.3 Å². The maximum absolute atomic E-state index is 6.39. The van der Waals surface area contributed by atoms with Gasteiger partial charge in [-0.15, -0.1) is 0 Å². The van der Waals surface area contributed by atoms with Crippen LogP contribution in [0.3, 0.4) is 0 Å². The summed E-state index contributed by atoms with van der Waals surface area (Å²) >= 11 is 6.39. The summed E-state index contributed by atoms with van der Waals surface area (Å²) in [5.74, 6) is 0. The smallest absolute Gasteiger partial charge is 0.0663 e. The van der Waals surface area contributed by atoms with Crippen LogP contribution in [0.5, 0.6) is 0 Å². The van der Waals surface area contributed by atoms with E-state index in [1.807, 2.05) is 24.6 Å². The van der Waals surface area contributed by atoms with Gasteiger partial charge in [0.15, 0.2) is 0 Å². The van der Waals surface area contributed by atoms with Crippen LogP contribution in [0.15, 0.2) is 24.3 Å². The van der Waals surface area contributed by atoms with Gasteiger partial charge in [-0.05, 0) is 58.4 Å². The highest BCUT2D eigenvalue weighted by Gasteiger charge is 2.11. The van der Waals surface area contributed by atoms with Crippen molar-refractivity contribution >= 4 is 11.6 Å². The average Bonchev–Trinajstić information content (AvgIpc) is 2.65. The topological polar surface area (TPSA) is 29.9 Å². The highest BCUT2D eigenvalue weighted by molar-refractivity contribution is 6.31. The van der Waals surface area contributed by atoms with E-state index in [1.54, 1.807) is 0 Å². The quantitative estimate of drug-likeness (QED) is 0.925. The van der Waals surface area contributed by atoms with Crippen molar-refractivity contribution in [1.29, 1.82) is 0 Å². The molecule has 0 aliphatic rings. The summed E-state index contributed by atoms with van der Waals surface area (Å²) in [6.07, 6.45) is 0. The lowest BCUT2D eigenvalue weighted by atomic mass is 10.1. The summed E-state index contributed by atoms with van der Waals surface area (Å²) in [5, 5.41) is 8.70. The minimum absolute atomic E-state index is 0.0810. The molecule has 0 saturated heterocycles. The maximum atomic E-state index is 6.39. The van der Waals surface area contributed by atoms with E-state index in [2.05, 4.69) is 49.4 Å². The van der Waals surface area contributed by atoms with Gasteiger partial charge in [0, 0.05) is 22.8 Å². The van der Waals surface area contributed by atoms with Gasteiger partial charge in [0.1, 0.15) is 0 Å². The first-order valence-electron chi connectivity index (χ1n) is 6.83. The number of hydrogen-bond donors (Lipinski definition) is 1. The lowest BCUT2D eigenvalue weighted by Gasteiger charge is -2.21. The molecule has 1 aromatic carbocycles. The van der Waals surface area contributed by atoms with Gasteiger partial charge in [0.2, 0.25) is 0 Å². The molecule has 0 aliphatic heterocycles. The summed E-state index contributed by atoms with van der Waals surface area (Å²) < 4.78 is 1.92. The Morgan fingerprint density at radius 2 is 1.90 bits per heavy atom. The van der Waals surface area contributed by atoms with E-state index in [0.717, 1.165) is 34.2 Å². The summed E-state index contributed by atoms with van der Waals surface area (Å²) in [6, 6.07) is 8.15. The molecule has 1 aromatic heterocycles. The molecule has 0 unspecified atom stereocenters. The van der Waals surface area contributed by atoms with Crippen LogP contribution < -0.4 is 5.32 Å². The third-order valence-electron chi connectivity index (χ3n) is 3.10. The number of hydrogen-bond acceptors (Lipinski definition) is 2. The molecule has 0 bridgehead atoms. The molecule has 0 spiro atoms.